The zero-order chi connectivity index (χ0) is 17.4. The Balaban J connectivity index is 2.26. The molecule has 3 rings (SSSR count). The van der Waals surface area contributed by atoms with Crippen LogP contribution in [-0.2, 0) is 4.79 Å². The highest BCUT2D eigenvalue weighted by atomic mass is 19.2. The van der Waals surface area contributed by atoms with Gasteiger partial charge < -0.3 is 5.32 Å². The Kier molecular flexibility index (Phi) is 4.05. The van der Waals surface area contributed by atoms with Crippen LogP contribution in [0.2, 0.25) is 0 Å². The number of rotatable bonds is 3. The molecule has 2 aromatic heterocycles. The predicted octanol–water partition coefficient (Wildman–Crippen LogP) is 4.18. The molecule has 0 fully saturated rings. The van der Waals surface area contributed by atoms with E-state index in [9.17, 15) is 13.6 Å². The Labute approximate surface area is 138 Å². The van der Waals surface area contributed by atoms with Crippen LogP contribution in [0.5, 0.6) is 0 Å². The molecule has 0 radical (unpaired) electrons. The average Bonchev–Trinajstić information content (AvgIpc) is 2.87. The Morgan fingerprint density at radius 2 is 2.00 bits per heavy atom. The van der Waals surface area contributed by atoms with Crippen molar-refractivity contribution in [3.63, 3.8) is 0 Å². The second kappa shape index (κ2) is 6.03. The number of anilines is 1. The molecule has 124 valence electrons. The van der Waals surface area contributed by atoms with Crippen molar-refractivity contribution in [3.8, 4) is 11.3 Å². The molecular weight excluding hydrogens is 312 g/mol. The lowest BCUT2D eigenvalue weighted by Gasteiger charge is -2.10. The molecule has 1 aromatic carbocycles. The summed E-state index contributed by atoms with van der Waals surface area (Å²) in [5.41, 5.74) is 1.73. The largest absolute Gasteiger partial charge is 0.310 e. The molecule has 0 aliphatic carbocycles. The summed E-state index contributed by atoms with van der Waals surface area (Å²) in [6.07, 6.45) is 1.74. The van der Waals surface area contributed by atoms with E-state index < -0.39 is 11.6 Å². The van der Waals surface area contributed by atoms with Crippen LogP contribution in [-0.4, -0.2) is 15.3 Å². The number of carbonyl (C=O) groups is 1. The van der Waals surface area contributed by atoms with Crippen molar-refractivity contribution >= 4 is 17.4 Å². The number of hydrogen-bond donors (Lipinski definition) is 1. The average molecular weight is 329 g/mol. The maximum absolute atomic E-state index is 14.2. The summed E-state index contributed by atoms with van der Waals surface area (Å²) in [6, 6.07) is 7.57. The van der Waals surface area contributed by atoms with Crippen LogP contribution in [0, 0.1) is 24.5 Å². The summed E-state index contributed by atoms with van der Waals surface area (Å²) in [5, 5.41) is 2.77. The molecule has 2 heterocycles. The van der Waals surface area contributed by atoms with E-state index >= 15 is 0 Å². The molecule has 4 nitrogen and oxygen atoms in total. The van der Waals surface area contributed by atoms with E-state index in [0.29, 0.717) is 11.5 Å². The molecule has 0 atom stereocenters. The molecule has 0 saturated carbocycles. The molecule has 24 heavy (non-hydrogen) atoms. The lowest BCUT2D eigenvalue weighted by atomic mass is 10.1. The Bertz CT molecular complexity index is 931. The first kappa shape index (κ1) is 16.1. The van der Waals surface area contributed by atoms with Gasteiger partial charge >= 0.3 is 0 Å². The summed E-state index contributed by atoms with van der Waals surface area (Å²) in [5.74, 6) is -2.10. The minimum absolute atomic E-state index is 0.00964. The Morgan fingerprint density at radius 3 is 2.71 bits per heavy atom. The van der Waals surface area contributed by atoms with E-state index in [4.69, 9.17) is 0 Å². The maximum atomic E-state index is 14.2. The summed E-state index contributed by atoms with van der Waals surface area (Å²) < 4.78 is 29.5. The first-order valence-corrected chi connectivity index (χ1v) is 7.62. The number of nitrogens with one attached hydrogen (secondary N) is 1. The quantitative estimate of drug-likeness (QED) is 0.783. The van der Waals surface area contributed by atoms with Crippen LogP contribution >= 0.6 is 0 Å². The monoisotopic (exact) mass is 329 g/mol. The van der Waals surface area contributed by atoms with Gasteiger partial charge in [-0.3, -0.25) is 9.20 Å². The molecule has 0 bridgehead atoms. The molecule has 1 amide bonds. The van der Waals surface area contributed by atoms with Gasteiger partial charge in [-0.1, -0.05) is 19.9 Å². The maximum Gasteiger partial charge on any atom is 0.228 e. The van der Waals surface area contributed by atoms with Gasteiger partial charge in [-0.05, 0) is 36.8 Å². The number of amides is 1. The predicted molar refractivity (Wildman–Crippen MR) is 88.7 cm³/mol. The van der Waals surface area contributed by atoms with Gasteiger partial charge in [0.1, 0.15) is 17.2 Å². The zero-order valence-corrected chi connectivity index (χ0v) is 13.6. The number of hydrogen-bond acceptors (Lipinski definition) is 2. The van der Waals surface area contributed by atoms with Gasteiger partial charge in [-0.15, -0.1) is 0 Å². The number of halogens is 2. The SMILES string of the molecule is Cc1ccn2c(NC(=O)C(C)C)c(-c3cccc(F)c3F)nc2c1. The highest BCUT2D eigenvalue weighted by Gasteiger charge is 2.21. The first-order valence-electron chi connectivity index (χ1n) is 7.62. The number of aryl methyl sites for hydroxylation is 1. The van der Waals surface area contributed by atoms with Crippen LogP contribution in [0.25, 0.3) is 16.9 Å². The standard InChI is InChI=1S/C18H17F2N3O/c1-10(2)18(24)22-17-16(12-5-4-6-13(19)15(12)20)21-14-9-11(3)7-8-23(14)17/h4-10H,1-3H3,(H,22,24). The highest BCUT2D eigenvalue weighted by molar-refractivity contribution is 5.95. The molecule has 0 spiro atoms. The fraction of sp³-hybridized carbons (Fsp3) is 0.222. The number of nitrogens with zero attached hydrogens (tertiary/aromatic N) is 2. The number of aromatic nitrogens is 2. The topological polar surface area (TPSA) is 46.4 Å². The third-order valence-corrected chi connectivity index (χ3v) is 3.75. The van der Waals surface area contributed by atoms with Gasteiger partial charge in [0.15, 0.2) is 11.6 Å². The minimum atomic E-state index is -0.988. The van der Waals surface area contributed by atoms with E-state index in [-0.39, 0.29) is 23.1 Å². The first-order chi connectivity index (χ1) is 11.4. The van der Waals surface area contributed by atoms with Crippen LogP contribution in [0.1, 0.15) is 19.4 Å². The fourth-order valence-corrected chi connectivity index (χ4v) is 2.40. The Hall–Kier alpha value is -2.76. The van der Waals surface area contributed by atoms with Crippen LogP contribution in [0.3, 0.4) is 0 Å². The third-order valence-electron chi connectivity index (χ3n) is 3.75. The minimum Gasteiger partial charge on any atom is -0.310 e. The Morgan fingerprint density at radius 1 is 1.25 bits per heavy atom. The van der Waals surface area contributed by atoms with Crippen LogP contribution < -0.4 is 5.32 Å². The van der Waals surface area contributed by atoms with E-state index in [1.165, 1.54) is 12.1 Å². The molecule has 1 N–H and O–H groups in total. The normalized spacial score (nSPS) is 11.2. The second-order valence-electron chi connectivity index (χ2n) is 5.99. The fourth-order valence-electron chi connectivity index (χ4n) is 2.40. The van der Waals surface area contributed by atoms with Crippen molar-refractivity contribution in [1.82, 2.24) is 9.38 Å². The number of fused-ring (bicyclic) bond motifs is 1. The number of carbonyl (C=O) groups excluding carboxylic acids is 1. The van der Waals surface area contributed by atoms with Crippen molar-refractivity contribution in [3.05, 3.63) is 53.7 Å². The van der Waals surface area contributed by atoms with Gasteiger partial charge in [0.25, 0.3) is 0 Å². The third kappa shape index (κ3) is 2.75. The molecule has 0 aliphatic heterocycles. The van der Waals surface area contributed by atoms with Gasteiger partial charge in [0.05, 0.1) is 0 Å². The summed E-state index contributed by atoms with van der Waals surface area (Å²) in [4.78, 5) is 16.5. The van der Waals surface area contributed by atoms with Crippen molar-refractivity contribution in [2.45, 2.75) is 20.8 Å². The number of pyridine rings is 1. The van der Waals surface area contributed by atoms with Gasteiger partial charge in [0.2, 0.25) is 5.91 Å². The summed E-state index contributed by atoms with van der Waals surface area (Å²) in [6.45, 7) is 5.42. The summed E-state index contributed by atoms with van der Waals surface area (Å²) in [7, 11) is 0. The molecule has 3 aromatic rings. The number of imidazole rings is 1. The van der Waals surface area contributed by atoms with Crippen molar-refractivity contribution in [2.75, 3.05) is 5.32 Å². The van der Waals surface area contributed by atoms with Crippen LogP contribution in [0.4, 0.5) is 14.6 Å². The zero-order valence-electron chi connectivity index (χ0n) is 13.6. The summed E-state index contributed by atoms with van der Waals surface area (Å²) >= 11 is 0. The van der Waals surface area contributed by atoms with E-state index in [0.717, 1.165) is 11.6 Å². The van der Waals surface area contributed by atoms with E-state index in [1.807, 2.05) is 19.1 Å². The highest BCUT2D eigenvalue weighted by Crippen LogP contribution is 2.32. The molecule has 0 unspecified atom stereocenters. The lowest BCUT2D eigenvalue weighted by Crippen LogP contribution is -2.19. The second-order valence-corrected chi connectivity index (χ2v) is 5.99. The van der Waals surface area contributed by atoms with Gasteiger partial charge in [-0.25, -0.2) is 13.8 Å². The molecule has 6 heteroatoms. The van der Waals surface area contributed by atoms with Gasteiger partial charge in [0, 0.05) is 17.7 Å². The van der Waals surface area contributed by atoms with Crippen LogP contribution in [0.15, 0.2) is 36.5 Å². The van der Waals surface area contributed by atoms with Crippen molar-refractivity contribution in [2.24, 2.45) is 5.92 Å². The van der Waals surface area contributed by atoms with Crippen molar-refractivity contribution < 1.29 is 13.6 Å². The smallest absolute Gasteiger partial charge is 0.228 e. The number of benzene rings is 1. The van der Waals surface area contributed by atoms with Gasteiger partial charge in [-0.2, -0.15) is 0 Å². The van der Waals surface area contributed by atoms with Crippen molar-refractivity contribution in [1.29, 1.82) is 0 Å². The molecular formula is C18H17F2N3O. The van der Waals surface area contributed by atoms with E-state index in [2.05, 4.69) is 10.3 Å². The molecule has 0 saturated heterocycles. The molecule has 0 aliphatic rings. The van der Waals surface area contributed by atoms with E-state index in [1.54, 1.807) is 24.4 Å². The lowest BCUT2D eigenvalue weighted by molar-refractivity contribution is -0.118.